The smallest absolute Gasteiger partial charge is 0.332 e. The number of hydrogen-bond acceptors (Lipinski definition) is 3. The minimum absolute atomic E-state index is 0.0825. The second-order valence-corrected chi connectivity index (χ2v) is 5.81. The van der Waals surface area contributed by atoms with E-state index in [4.69, 9.17) is 9.84 Å². The monoisotopic (exact) mass is 241 g/mol. The lowest BCUT2D eigenvalue weighted by molar-refractivity contribution is -0.149. The molecule has 1 aliphatic heterocycles. The summed E-state index contributed by atoms with van der Waals surface area (Å²) >= 11 is 0. The van der Waals surface area contributed by atoms with Gasteiger partial charge in [0.05, 0.1) is 6.10 Å². The van der Waals surface area contributed by atoms with Crippen LogP contribution in [0.15, 0.2) is 0 Å². The van der Waals surface area contributed by atoms with Crippen molar-refractivity contribution in [3.8, 4) is 0 Å². The van der Waals surface area contributed by atoms with Crippen molar-refractivity contribution in [3.05, 3.63) is 0 Å². The Morgan fingerprint density at radius 1 is 1.47 bits per heavy atom. The van der Waals surface area contributed by atoms with Crippen LogP contribution >= 0.6 is 0 Å². The van der Waals surface area contributed by atoms with Gasteiger partial charge < -0.3 is 15.2 Å². The van der Waals surface area contributed by atoms with E-state index in [1.165, 1.54) is 12.8 Å². The van der Waals surface area contributed by atoms with Gasteiger partial charge in [-0.25, -0.2) is 4.79 Å². The number of rotatable bonds is 6. The molecule has 4 heteroatoms. The fraction of sp³-hybridized carbons (Fsp3) is 0.923. The zero-order valence-corrected chi connectivity index (χ0v) is 10.7. The summed E-state index contributed by atoms with van der Waals surface area (Å²) in [5.41, 5.74) is 0.505. The molecule has 2 N–H and O–H groups in total. The Morgan fingerprint density at radius 2 is 2.18 bits per heavy atom. The minimum Gasteiger partial charge on any atom is -0.479 e. The lowest BCUT2D eigenvalue weighted by Gasteiger charge is -2.21. The molecule has 1 saturated carbocycles. The number of nitrogens with one attached hydrogen (secondary N) is 1. The Bertz CT molecular complexity index is 286. The highest BCUT2D eigenvalue weighted by molar-refractivity contribution is 5.72. The van der Waals surface area contributed by atoms with E-state index >= 15 is 0 Å². The molecule has 2 atom stereocenters. The van der Waals surface area contributed by atoms with E-state index in [0.717, 1.165) is 25.4 Å². The van der Waals surface area contributed by atoms with Gasteiger partial charge in [0, 0.05) is 13.1 Å². The number of carbonyl (C=O) groups is 1. The maximum Gasteiger partial charge on any atom is 0.332 e. The number of carboxylic acid groups (broad SMARTS) is 1. The van der Waals surface area contributed by atoms with Gasteiger partial charge in [-0.1, -0.05) is 13.8 Å². The van der Waals surface area contributed by atoms with Crippen LogP contribution in [0.25, 0.3) is 0 Å². The van der Waals surface area contributed by atoms with Crippen molar-refractivity contribution in [1.82, 2.24) is 5.32 Å². The molecular weight excluding hydrogens is 218 g/mol. The molecule has 98 valence electrons. The summed E-state index contributed by atoms with van der Waals surface area (Å²) < 4.78 is 5.46. The van der Waals surface area contributed by atoms with Gasteiger partial charge in [0.25, 0.3) is 0 Å². The van der Waals surface area contributed by atoms with Crippen molar-refractivity contribution in [2.24, 2.45) is 11.3 Å². The van der Waals surface area contributed by atoms with Crippen LogP contribution in [-0.2, 0) is 9.53 Å². The van der Waals surface area contributed by atoms with Crippen LogP contribution in [0.2, 0.25) is 0 Å². The molecule has 1 heterocycles. The average Bonchev–Trinajstić information content (AvgIpc) is 2.89. The molecule has 0 aromatic rings. The first-order valence-electron chi connectivity index (χ1n) is 6.62. The summed E-state index contributed by atoms with van der Waals surface area (Å²) in [6.07, 6.45) is 3.65. The molecular formula is C13H23NO3. The van der Waals surface area contributed by atoms with E-state index in [1.807, 2.05) is 0 Å². The molecule has 0 aromatic carbocycles. The highest BCUT2D eigenvalue weighted by atomic mass is 16.5. The molecule has 1 saturated heterocycles. The molecule has 0 spiro atoms. The summed E-state index contributed by atoms with van der Waals surface area (Å²) in [6, 6.07) is 0. The van der Waals surface area contributed by atoms with Crippen LogP contribution in [0.5, 0.6) is 0 Å². The second kappa shape index (κ2) is 4.94. The molecule has 2 rings (SSSR count). The third kappa shape index (κ3) is 2.99. The first-order valence-corrected chi connectivity index (χ1v) is 6.62. The van der Waals surface area contributed by atoms with Crippen LogP contribution in [0, 0.1) is 11.3 Å². The Hall–Kier alpha value is -0.610. The zero-order chi connectivity index (χ0) is 12.5. The van der Waals surface area contributed by atoms with E-state index in [0.29, 0.717) is 11.8 Å². The molecule has 2 unspecified atom stereocenters. The molecule has 17 heavy (non-hydrogen) atoms. The van der Waals surface area contributed by atoms with Crippen molar-refractivity contribution in [2.45, 2.75) is 51.7 Å². The van der Waals surface area contributed by atoms with Crippen LogP contribution in [0.1, 0.15) is 39.5 Å². The van der Waals surface area contributed by atoms with Gasteiger partial charge in [0.1, 0.15) is 0 Å². The fourth-order valence-electron chi connectivity index (χ4n) is 2.64. The molecule has 0 aromatic heterocycles. The SMILES string of the molecule is CC(C)C1(CNCC2CCC(C(=O)O)O2)CC1. The molecule has 0 radical (unpaired) electrons. The fourth-order valence-corrected chi connectivity index (χ4v) is 2.64. The summed E-state index contributed by atoms with van der Waals surface area (Å²) in [5, 5.41) is 12.3. The summed E-state index contributed by atoms with van der Waals surface area (Å²) in [6.45, 7) is 6.39. The van der Waals surface area contributed by atoms with Crippen LogP contribution in [0.4, 0.5) is 0 Å². The lowest BCUT2D eigenvalue weighted by atomic mass is 9.92. The van der Waals surface area contributed by atoms with Gasteiger partial charge in [-0.2, -0.15) is 0 Å². The van der Waals surface area contributed by atoms with E-state index in [2.05, 4.69) is 19.2 Å². The molecule has 0 bridgehead atoms. The molecule has 1 aliphatic carbocycles. The summed E-state index contributed by atoms with van der Waals surface area (Å²) in [7, 11) is 0. The van der Waals surface area contributed by atoms with Crippen LogP contribution in [-0.4, -0.2) is 36.4 Å². The molecule has 0 amide bonds. The summed E-state index contributed by atoms with van der Waals surface area (Å²) in [5.74, 6) is -0.0976. The minimum atomic E-state index is -0.826. The predicted molar refractivity (Wildman–Crippen MR) is 64.9 cm³/mol. The van der Waals surface area contributed by atoms with Crippen molar-refractivity contribution in [2.75, 3.05) is 13.1 Å². The molecule has 2 fully saturated rings. The number of hydrogen-bond donors (Lipinski definition) is 2. The largest absolute Gasteiger partial charge is 0.479 e. The average molecular weight is 241 g/mol. The van der Waals surface area contributed by atoms with Crippen molar-refractivity contribution < 1.29 is 14.6 Å². The standard InChI is InChI=1S/C13H23NO3/c1-9(2)13(5-6-13)8-14-7-10-3-4-11(17-10)12(15)16/h9-11,14H,3-8H2,1-2H3,(H,15,16). The van der Waals surface area contributed by atoms with E-state index < -0.39 is 12.1 Å². The van der Waals surface area contributed by atoms with E-state index in [1.54, 1.807) is 0 Å². The van der Waals surface area contributed by atoms with Gasteiger partial charge in [0.2, 0.25) is 0 Å². The highest BCUT2D eigenvalue weighted by Crippen LogP contribution is 2.51. The summed E-state index contributed by atoms with van der Waals surface area (Å²) in [4.78, 5) is 10.7. The van der Waals surface area contributed by atoms with Crippen molar-refractivity contribution >= 4 is 5.97 Å². The van der Waals surface area contributed by atoms with Crippen LogP contribution < -0.4 is 5.32 Å². The molecule has 4 nitrogen and oxygen atoms in total. The Balaban J connectivity index is 1.65. The van der Waals surface area contributed by atoms with Crippen LogP contribution in [0.3, 0.4) is 0 Å². The quantitative estimate of drug-likeness (QED) is 0.742. The van der Waals surface area contributed by atoms with Crippen molar-refractivity contribution in [1.29, 1.82) is 0 Å². The maximum absolute atomic E-state index is 10.7. The Morgan fingerprint density at radius 3 is 2.65 bits per heavy atom. The zero-order valence-electron chi connectivity index (χ0n) is 10.7. The second-order valence-electron chi connectivity index (χ2n) is 5.81. The normalized spacial score (nSPS) is 30.8. The number of carboxylic acids is 1. The predicted octanol–water partition coefficient (Wildman–Crippen LogP) is 1.64. The highest BCUT2D eigenvalue weighted by Gasteiger charge is 2.44. The third-order valence-corrected chi connectivity index (χ3v) is 4.35. The van der Waals surface area contributed by atoms with E-state index in [9.17, 15) is 4.79 Å². The van der Waals surface area contributed by atoms with E-state index in [-0.39, 0.29) is 6.10 Å². The maximum atomic E-state index is 10.7. The third-order valence-electron chi connectivity index (χ3n) is 4.35. The van der Waals surface area contributed by atoms with Gasteiger partial charge in [-0.3, -0.25) is 0 Å². The number of ether oxygens (including phenoxy) is 1. The topological polar surface area (TPSA) is 58.6 Å². The number of aliphatic carboxylic acids is 1. The van der Waals surface area contributed by atoms with Gasteiger partial charge >= 0.3 is 5.97 Å². The molecule has 2 aliphatic rings. The first-order chi connectivity index (χ1) is 8.03. The van der Waals surface area contributed by atoms with Gasteiger partial charge in [0.15, 0.2) is 6.10 Å². The first kappa shape index (κ1) is 12.8. The van der Waals surface area contributed by atoms with Gasteiger partial charge in [-0.05, 0) is 37.0 Å². The lowest BCUT2D eigenvalue weighted by Crippen LogP contribution is -2.34. The van der Waals surface area contributed by atoms with Gasteiger partial charge in [-0.15, -0.1) is 0 Å². The van der Waals surface area contributed by atoms with Crippen molar-refractivity contribution in [3.63, 3.8) is 0 Å². The Kier molecular flexibility index (Phi) is 3.73. The Labute approximate surface area is 103 Å².